The highest BCUT2D eigenvalue weighted by atomic mass is 16.6. The van der Waals surface area contributed by atoms with E-state index < -0.39 is 23.7 Å². The molecular weight excluding hydrogens is 272 g/mol. The van der Waals surface area contributed by atoms with Crippen molar-refractivity contribution in [2.24, 2.45) is 0 Å². The number of carbonyl (C=O) groups excluding carboxylic acids is 1. The summed E-state index contributed by atoms with van der Waals surface area (Å²) in [4.78, 5) is 29.1. The Labute approximate surface area is 123 Å². The molecule has 1 aliphatic heterocycles. The predicted octanol–water partition coefficient (Wildman–Crippen LogP) is 2.26. The molecule has 6 nitrogen and oxygen atoms in total. The van der Waals surface area contributed by atoms with Crippen molar-refractivity contribution in [2.75, 3.05) is 6.54 Å². The number of carbonyl (C=O) groups is 2. The van der Waals surface area contributed by atoms with E-state index in [-0.39, 0.29) is 5.92 Å². The van der Waals surface area contributed by atoms with Gasteiger partial charge in [0, 0.05) is 24.4 Å². The highest BCUT2D eigenvalue weighted by Gasteiger charge is 2.42. The van der Waals surface area contributed by atoms with Crippen molar-refractivity contribution in [1.29, 1.82) is 0 Å². The Morgan fingerprint density at radius 1 is 1.38 bits per heavy atom. The molecule has 1 fully saturated rings. The average molecular weight is 292 g/mol. The van der Waals surface area contributed by atoms with Crippen molar-refractivity contribution in [3.63, 3.8) is 0 Å². The van der Waals surface area contributed by atoms with Gasteiger partial charge in [-0.1, -0.05) is 6.07 Å². The topological polar surface area (TPSA) is 79.7 Å². The number of carboxylic acid groups (broad SMARTS) is 1. The number of carboxylic acids is 1. The van der Waals surface area contributed by atoms with Gasteiger partial charge in [0.1, 0.15) is 11.6 Å². The second-order valence-corrected chi connectivity index (χ2v) is 6.17. The van der Waals surface area contributed by atoms with E-state index in [0.29, 0.717) is 13.0 Å². The Balaban J connectivity index is 2.16. The summed E-state index contributed by atoms with van der Waals surface area (Å²) in [7, 11) is 0. The van der Waals surface area contributed by atoms with Crippen LogP contribution in [-0.4, -0.2) is 45.2 Å². The normalized spacial score (nSPS) is 22.1. The fourth-order valence-electron chi connectivity index (χ4n) is 2.42. The number of rotatable bonds is 2. The van der Waals surface area contributed by atoms with Gasteiger partial charge >= 0.3 is 12.1 Å². The number of amides is 1. The number of hydrogen-bond donors (Lipinski definition) is 1. The lowest BCUT2D eigenvalue weighted by Gasteiger charge is -2.26. The Morgan fingerprint density at radius 2 is 2.10 bits per heavy atom. The molecule has 1 N–H and O–H groups in total. The third-order valence-electron chi connectivity index (χ3n) is 3.32. The van der Waals surface area contributed by atoms with Crippen molar-refractivity contribution in [3.05, 3.63) is 30.1 Å². The van der Waals surface area contributed by atoms with Gasteiger partial charge in [-0.15, -0.1) is 0 Å². The Hall–Kier alpha value is -2.11. The van der Waals surface area contributed by atoms with Crippen LogP contribution in [0.5, 0.6) is 0 Å². The SMILES string of the molecule is CC(C)(C)OC(=O)N1CC(c2ccccn2)C[C@@H]1C(=O)O. The van der Waals surface area contributed by atoms with E-state index in [0.717, 1.165) is 5.69 Å². The van der Waals surface area contributed by atoms with Crippen LogP contribution < -0.4 is 0 Å². The molecule has 114 valence electrons. The minimum atomic E-state index is -1.01. The number of likely N-dealkylation sites (tertiary alicyclic amines) is 1. The Kier molecular flexibility index (Phi) is 4.16. The summed E-state index contributed by atoms with van der Waals surface area (Å²) in [6.07, 6.45) is 1.43. The van der Waals surface area contributed by atoms with E-state index in [9.17, 15) is 14.7 Å². The van der Waals surface area contributed by atoms with Crippen molar-refractivity contribution in [3.8, 4) is 0 Å². The largest absolute Gasteiger partial charge is 0.480 e. The molecule has 2 heterocycles. The van der Waals surface area contributed by atoms with Gasteiger partial charge in [0.2, 0.25) is 0 Å². The lowest BCUT2D eigenvalue weighted by Crippen LogP contribution is -2.43. The lowest BCUT2D eigenvalue weighted by atomic mass is 10.0. The zero-order valence-electron chi connectivity index (χ0n) is 12.4. The van der Waals surface area contributed by atoms with Gasteiger partial charge < -0.3 is 9.84 Å². The van der Waals surface area contributed by atoms with Crippen molar-refractivity contribution in [2.45, 2.75) is 44.8 Å². The fourth-order valence-corrected chi connectivity index (χ4v) is 2.42. The molecule has 1 aliphatic rings. The molecule has 1 unspecified atom stereocenters. The van der Waals surface area contributed by atoms with E-state index in [1.807, 2.05) is 12.1 Å². The second-order valence-electron chi connectivity index (χ2n) is 6.17. The summed E-state index contributed by atoms with van der Waals surface area (Å²) in [6, 6.07) is 4.64. The highest BCUT2D eigenvalue weighted by Crippen LogP contribution is 2.31. The smallest absolute Gasteiger partial charge is 0.411 e. The molecule has 1 aromatic heterocycles. The summed E-state index contributed by atoms with van der Waals surface area (Å²) < 4.78 is 5.29. The number of nitrogens with zero attached hydrogens (tertiary/aromatic N) is 2. The zero-order chi connectivity index (χ0) is 15.6. The van der Waals surface area contributed by atoms with Gasteiger partial charge in [-0.2, -0.15) is 0 Å². The third kappa shape index (κ3) is 3.71. The molecule has 2 rings (SSSR count). The Bertz CT molecular complexity index is 524. The van der Waals surface area contributed by atoms with Crippen LogP contribution in [0.15, 0.2) is 24.4 Å². The van der Waals surface area contributed by atoms with E-state index >= 15 is 0 Å². The van der Waals surface area contributed by atoms with Crippen LogP contribution in [0.4, 0.5) is 4.79 Å². The van der Waals surface area contributed by atoms with Crippen LogP contribution in [0.2, 0.25) is 0 Å². The molecule has 1 amide bonds. The number of aromatic nitrogens is 1. The van der Waals surface area contributed by atoms with Gasteiger partial charge in [-0.05, 0) is 39.3 Å². The first-order chi connectivity index (χ1) is 9.78. The molecule has 1 aromatic rings. The third-order valence-corrected chi connectivity index (χ3v) is 3.32. The summed E-state index contributed by atoms with van der Waals surface area (Å²) in [5.41, 5.74) is 0.151. The quantitative estimate of drug-likeness (QED) is 0.904. The van der Waals surface area contributed by atoms with Gasteiger partial charge in [-0.25, -0.2) is 9.59 Å². The van der Waals surface area contributed by atoms with Crippen LogP contribution in [0.1, 0.15) is 38.8 Å². The standard InChI is InChI=1S/C15H20N2O4/c1-15(2,3)21-14(20)17-9-10(8-12(17)13(18)19)11-6-4-5-7-16-11/h4-7,10,12H,8-9H2,1-3H3,(H,18,19)/t10?,12-/m1/s1. The van der Waals surface area contributed by atoms with Gasteiger partial charge in [0.05, 0.1) is 0 Å². The number of ether oxygens (including phenoxy) is 1. The van der Waals surface area contributed by atoms with E-state index in [2.05, 4.69) is 4.98 Å². The first-order valence-corrected chi connectivity index (χ1v) is 6.91. The molecule has 0 radical (unpaired) electrons. The average Bonchev–Trinajstić information content (AvgIpc) is 2.83. The maximum absolute atomic E-state index is 12.2. The second kappa shape index (κ2) is 5.71. The summed E-state index contributed by atoms with van der Waals surface area (Å²) in [6.45, 7) is 5.58. The van der Waals surface area contributed by atoms with Gasteiger partial charge in [0.25, 0.3) is 0 Å². The molecule has 0 saturated carbocycles. The van der Waals surface area contributed by atoms with Crippen LogP contribution >= 0.6 is 0 Å². The first kappa shape index (κ1) is 15.3. The fraction of sp³-hybridized carbons (Fsp3) is 0.533. The molecule has 0 aromatic carbocycles. The van der Waals surface area contributed by atoms with E-state index in [1.54, 1.807) is 33.0 Å². The molecule has 1 saturated heterocycles. The van der Waals surface area contributed by atoms with Gasteiger partial charge in [0.15, 0.2) is 0 Å². The van der Waals surface area contributed by atoms with Crippen LogP contribution in [0, 0.1) is 0 Å². The molecule has 2 atom stereocenters. The summed E-state index contributed by atoms with van der Waals surface area (Å²) >= 11 is 0. The highest BCUT2D eigenvalue weighted by molar-refractivity contribution is 5.81. The van der Waals surface area contributed by atoms with E-state index in [1.165, 1.54) is 4.90 Å². The number of pyridine rings is 1. The van der Waals surface area contributed by atoms with Crippen molar-refractivity contribution in [1.82, 2.24) is 9.88 Å². The van der Waals surface area contributed by atoms with Crippen molar-refractivity contribution >= 4 is 12.1 Å². The maximum Gasteiger partial charge on any atom is 0.411 e. The minimum absolute atomic E-state index is 0.0835. The van der Waals surface area contributed by atoms with Crippen LogP contribution in [0.3, 0.4) is 0 Å². The molecule has 21 heavy (non-hydrogen) atoms. The number of aliphatic carboxylic acids is 1. The number of hydrogen-bond acceptors (Lipinski definition) is 4. The monoisotopic (exact) mass is 292 g/mol. The first-order valence-electron chi connectivity index (χ1n) is 6.91. The molecule has 0 spiro atoms. The summed E-state index contributed by atoms with van der Waals surface area (Å²) in [5, 5.41) is 9.33. The van der Waals surface area contributed by atoms with Gasteiger partial charge in [-0.3, -0.25) is 9.88 Å². The molecular formula is C15H20N2O4. The van der Waals surface area contributed by atoms with Crippen molar-refractivity contribution < 1.29 is 19.4 Å². The van der Waals surface area contributed by atoms with Crippen LogP contribution in [-0.2, 0) is 9.53 Å². The molecule has 6 heteroatoms. The molecule has 0 bridgehead atoms. The molecule has 0 aliphatic carbocycles. The maximum atomic E-state index is 12.2. The predicted molar refractivity (Wildman–Crippen MR) is 76.0 cm³/mol. The van der Waals surface area contributed by atoms with Crippen LogP contribution in [0.25, 0.3) is 0 Å². The zero-order valence-corrected chi connectivity index (χ0v) is 12.4. The minimum Gasteiger partial charge on any atom is -0.480 e. The Morgan fingerprint density at radius 3 is 2.62 bits per heavy atom. The summed E-state index contributed by atoms with van der Waals surface area (Å²) in [5.74, 6) is -1.10. The lowest BCUT2D eigenvalue weighted by molar-refractivity contribution is -0.142. The van der Waals surface area contributed by atoms with E-state index in [4.69, 9.17) is 4.74 Å².